The Bertz CT molecular complexity index is 793. The number of rotatable bonds is 7. The molecule has 0 aromatic heterocycles. The van der Waals surface area contributed by atoms with E-state index in [1.807, 2.05) is 44.4 Å². The van der Waals surface area contributed by atoms with Gasteiger partial charge in [-0.05, 0) is 70.6 Å². The molecule has 1 fully saturated rings. The average Bonchev–Trinajstić information content (AvgIpc) is 2.72. The van der Waals surface area contributed by atoms with Crippen molar-refractivity contribution in [2.75, 3.05) is 32.2 Å². The zero-order valence-corrected chi connectivity index (χ0v) is 18.4. The second-order valence-corrected chi connectivity index (χ2v) is 8.46. The second kappa shape index (κ2) is 9.10. The molecule has 0 bridgehead atoms. The van der Waals surface area contributed by atoms with Crippen molar-refractivity contribution in [1.82, 2.24) is 4.90 Å². The van der Waals surface area contributed by atoms with Gasteiger partial charge in [-0.3, -0.25) is 9.69 Å². The van der Waals surface area contributed by atoms with Gasteiger partial charge >= 0.3 is 0 Å². The third kappa shape index (κ3) is 4.39. The highest BCUT2D eigenvalue weighted by Crippen LogP contribution is 2.30. The molecule has 1 aliphatic heterocycles. The standard InChI is InChI=1S/C25H34N2O2/c1-6-25(26(4)5,16-21-10-8-7-9-11-21)24(28)22-12-14-23(15-13-22)27-19(2)17-29-18-20(27)3/h7-15,19-20H,6,16-18H2,1-5H3. The molecule has 0 saturated carbocycles. The van der Waals surface area contributed by atoms with Gasteiger partial charge in [-0.2, -0.15) is 0 Å². The largest absolute Gasteiger partial charge is 0.377 e. The summed E-state index contributed by atoms with van der Waals surface area (Å²) in [6.07, 6.45) is 1.46. The summed E-state index contributed by atoms with van der Waals surface area (Å²) in [6, 6.07) is 19.1. The number of hydrogen-bond donors (Lipinski definition) is 0. The monoisotopic (exact) mass is 394 g/mol. The molecule has 4 heteroatoms. The quantitative estimate of drug-likeness (QED) is 0.650. The van der Waals surface area contributed by atoms with E-state index in [4.69, 9.17) is 4.74 Å². The minimum Gasteiger partial charge on any atom is -0.377 e. The predicted molar refractivity (Wildman–Crippen MR) is 120 cm³/mol. The Morgan fingerprint density at radius 2 is 1.62 bits per heavy atom. The maximum atomic E-state index is 13.7. The number of nitrogens with zero attached hydrogens (tertiary/aromatic N) is 2. The number of carbonyl (C=O) groups is 1. The van der Waals surface area contributed by atoms with Crippen LogP contribution in [0.15, 0.2) is 54.6 Å². The molecule has 29 heavy (non-hydrogen) atoms. The third-order valence-corrected chi connectivity index (χ3v) is 6.30. The smallest absolute Gasteiger partial charge is 0.183 e. The fourth-order valence-electron chi connectivity index (χ4n) is 4.54. The zero-order valence-electron chi connectivity index (χ0n) is 18.4. The van der Waals surface area contributed by atoms with Gasteiger partial charge < -0.3 is 9.64 Å². The Kier molecular flexibility index (Phi) is 6.76. The molecule has 1 aliphatic rings. The highest BCUT2D eigenvalue weighted by Gasteiger charge is 2.39. The lowest BCUT2D eigenvalue weighted by molar-refractivity contribution is 0.0666. The van der Waals surface area contributed by atoms with Crippen LogP contribution in [0.5, 0.6) is 0 Å². The SMILES string of the molecule is CCC(Cc1ccccc1)(C(=O)c1ccc(N2C(C)COCC2C)cc1)N(C)C. The van der Waals surface area contributed by atoms with E-state index in [2.05, 4.69) is 54.8 Å². The Morgan fingerprint density at radius 3 is 2.14 bits per heavy atom. The Balaban J connectivity index is 1.88. The molecular weight excluding hydrogens is 360 g/mol. The lowest BCUT2D eigenvalue weighted by Crippen LogP contribution is -2.52. The molecule has 0 radical (unpaired) electrons. The maximum absolute atomic E-state index is 13.7. The summed E-state index contributed by atoms with van der Waals surface area (Å²) in [5.41, 5.74) is 2.56. The van der Waals surface area contributed by atoms with E-state index in [0.717, 1.165) is 30.9 Å². The Labute approximate surface area is 175 Å². The van der Waals surface area contributed by atoms with Crippen LogP contribution in [0.2, 0.25) is 0 Å². The molecule has 3 rings (SSSR count). The summed E-state index contributed by atoms with van der Waals surface area (Å²) in [7, 11) is 4.02. The van der Waals surface area contributed by atoms with Crippen LogP contribution < -0.4 is 4.90 Å². The predicted octanol–water partition coefficient (Wildman–Crippen LogP) is 4.44. The number of hydrogen-bond acceptors (Lipinski definition) is 4. The normalized spacial score (nSPS) is 21.8. The van der Waals surface area contributed by atoms with Crippen LogP contribution in [0.25, 0.3) is 0 Å². The highest BCUT2D eigenvalue weighted by molar-refractivity contribution is 6.03. The van der Waals surface area contributed by atoms with Gasteiger partial charge in [0.2, 0.25) is 0 Å². The molecule has 4 nitrogen and oxygen atoms in total. The van der Waals surface area contributed by atoms with Gasteiger partial charge in [0.1, 0.15) is 0 Å². The van der Waals surface area contributed by atoms with Crippen molar-refractivity contribution in [3.8, 4) is 0 Å². The van der Waals surface area contributed by atoms with E-state index in [1.54, 1.807) is 0 Å². The molecular formula is C25H34N2O2. The van der Waals surface area contributed by atoms with Crippen LogP contribution in [0.4, 0.5) is 5.69 Å². The van der Waals surface area contributed by atoms with Gasteiger partial charge in [0.05, 0.1) is 18.8 Å². The van der Waals surface area contributed by atoms with Crippen LogP contribution in [0.3, 0.4) is 0 Å². The van der Waals surface area contributed by atoms with Crippen molar-refractivity contribution in [2.24, 2.45) is 0 Å². The highest BCUT2D eigenvalue weighted by atomic mass is 16.5. The Hall–Kier alpha value is -2.17. The maximum Gasteiger partial charge on any atom is 0.183 e. The molecule has 2 aromatic rings. The fraction of sp³-hybridized carbons (Fsp3) is 0.480. The number of ketones is 1. The topological polar surface area (TPSA) is 32.8 Å². The van der Waals surface area contributed by atoms with Gasteiger partial charge in [0.15, 0.2) is 5.78 Å². The first-order valence-corrected chi connectivity index (χ1v) is 10.6. The van der Waals surface area contributed by atoms with Crippen molar-refractivity contribution < 1.29 is 9.53 Å². The van der Waals surface area contributed by atoms with Crippen molar-refractivity contribution >= 4 is 11.5 Å². The van der Waals surface area contributed by atoms with Crippen molar-refractivity contribution in [1.29, 1.82) is 0 Å². The van der Waals surface area contributed by atoms with E-state index in [-0.39, 0.29) is 5.78 Å². The summed E-state index contributed by atoms with van der Waals surface area (Å²) in [6.45, 7) is 7.95. The average molecular weight is 395 g/mol. The number of benzene rings is 2. The first-order valence-electron chi connectivity index (χ1n) is 10.6. The summed E-state index contributed by atoms with van der Waals surface area (Å²) in [5, 5.41) is 0. The molecule has 3 unspecified atom stereocenters. The van der Waals surface area contributed by atoms with Gasteiger partial charge in [-0.1, -0.05) is 37.3 Å². The molecule has 2 aromatic carbocycles. The number of ether oxygens (including phenoxy) is 1. The molecule has 1 saturated heterocycles. The molecule has 0 amide bonds. The second-order valence-electron chi connectivity index (χ2n) is 8.46. The molecule has 0 spiro atoms. The number of carbonyl (C=O) groups excluding carboxylic acids is 1. The minimum absolute atomic E-state index is 0.184. The van der Waals surface area contributed by atoms with E-state index in [0.29, 0.717) is 18.5 Å². The number of Topliss-reactive ketones (excluding diaryl/α,β-unsaturated/α-hetero) is 1. The summed E-state index contributed by atoms with van der Waals surface area (Å²) in [4.78, 5) is 18.2. The fourth-order valence-corrected chi connectivity index (χ4v) is 4.54. The van der Waals surface area contributed by atoms with Crippen LogP contribution >= 0.6 is 0 Å². The number of morpholine rings is 1. The molecule has 3 atom stereocenters. The van der Waals surface area contributed by atoms with E-state index < -0.39 is 5.54 Å². The van der Waals surface area contributed by atoms with E-state index in [9.17, 15) is 4.79 Å². The van der Waals surface area contributed by atoms with Gasteiger partial charge in [0, 0.05) is 23.3 Å². The summed E-state index contributed by atoms with van der Waals surface area (Å²) < 4.78 is 5.65. The van der Waals surface area contributed by atoms with Crippen molar-refractivity contribution in [3.05, 3.63) is 65.7 Å². The zero-order chi connectivity index (χ0) is 21.0. The third-order valence-electron chi connectivity index (χ3n) is 6.30. The minimum atomic E-state index is -0.553. The van der Waals surface area contributed by atoms with Crippen molar-refractivity contribution in [3.63, 3.8) is 0 Å². The first-order chi connectivity index (χ1) is 13.9. The summed E-state index contributed by atoms with van der Waals surface area (Å²) in [5.74, 6) is 0.184. The molecule has 1 heterocycles. The molecule has 0 N–H and O–H groups in total. The van der Waals surface area contributed by atoms with Gasteiger partial charge in [-0.15, -0.1) is 0 Å². The molecule has 0 aliphatic carbocycles. The van der Waals surface area contributed by atoms with E-state index >= 15 is 0 Å². The lowest BCUT2D eigenvalue weighted by atomic mass is 9.80. The Morgan fingerprint density at radius 1 is 1.03 bits per heavy atom. The van der Waals surface area contributed by atoms with Crippen LogP contribution in [-0.4, -0.2) is 55.6 Å². The first kappa shape index (κ1) is 21.5. The van der Waals surface area contributed by atoms with Crippen LogP contribution in [0.1, 0.15) is 43.1 Å². The van der Waals surface area contributed by atoms with Gasteiger partial charge in [0.25, 0.3) is 0 Å². The number of likely N-dealkylation sites (N-methyl/N-ethyl adjacent to an activating group) is 1. The summed E-state index contributed by atoms with van der Waals surface area (Å²) >= 11 is 0. The lowest BCUT2D eigenvalue weighted by Gasteiger charge is -2.41. The van der Waals surface area contributed by atoms with E-state index in [1.165, 1.54) is 5.56 Å². The van der Waals surface area contributed by atoms with Crippen LogP contribution in [0, 0.1) is 0 Å². The van der Waals surface area contributed by atoms with Crippen LogP contribution in [-0.2, 0) is 11.2 Å². The van der Waals surface area contributed by atoms with Gasteiger partial charge in [-0.25, -0.2) is 0 Å². The van der Waals surface area contributed by atoms with Crippen molar-refractivity contribution in [2.45, 2.75) is 51.2 Å². The molecule has 156 valence electrons. The number of anilines is 1.